The van der Waals surface area contributed by atoms with E-state index in [1.54, 1.807) is 108 Å². The number of carbonyl (C=O) groups excluding carboxylic acids is 3. The number of non-ortho nitro benzene ring substituents is 3. The number of rotatable bonds is 24. The van der Waals surface area contributed by atoms with E-state index in [0.29, 0.717) is 36.0 Å². The molecule has 0 saturated carbocycles. The van der Waals surface area contributed by atoms with Crippen molar-refractivity contribution in [3.05, 3.63) is 238 Å². The third-order valence-corrected chi connectivity index (χ3v) is 19.4. The minimum Gasteiger partial charge on any atom is -0.497 e. The molecule has 0 unspecified atom stereocenters. The highest BCUT2D eigenvalue weighted by molar-refractivity contribution is 14.1. The lowest BCUT2D eigenvalue weighted by Gasteiger charge is -2.21. The largest absolute Gasteiger partial charge is 0.497 e. The fourth-order valence-electron chi connectivity index (χ4n) is 9.18. The highest BCUT2D eigenvalue weighted by Gasteiger charge is 2.30. The minimum absolute atomic E-state index is 0.151. The van der Waals surface area contributed by atoms with Crippen LogP contribution in [-0.4, -0.2) is 83.4 Å². The van der Waals surface area contributed by atoms with Gasteiger partial charge in [0.2, 0.25) is 0 Å². The van der Waals surface area contributed by atoms with E-state index in [-0.39, 0.29) is 23.3 Å². The van der Waals surface area contributed by atoms with Gasteiger partial charge in [0.1, 0.15) is 54.9 Å². The van der Waals surface area contributed by atoms with E-state index < -0.39 is 100 Å². The lowest BCUT2D eigenvalue weighted by Crippen LogP contribution is -2.48. The Hall–Kier alpha value is -10.5. The van der Waals surface area contributed by atoms with Gasteiger partial charge in [0.25, 0.3) is 47.1 Å². The van der Waals surface area contributed by atoms with Gasteiger partial charge in [0.05, 0.1) is 21.9 Å². The molecule has 0 spiro atoms. The van der Waals surface area contributed by atoms with E-state index in [1.807, 2.05) is 100.0 Å². The van der Waals surface area contributed by atoms with Gasteiger partial charge >= 0.3 is 18.1 Å². The van der Waals surface area contributed by atoms with Crippen molar-refractivity contribution in [1.82, 2.24) is 30.1 Å². The molecule has 33 heteroatoms. The van der Waals surface area contributed by atoms with Crippen molar-refractivity contribution >= 4 is 110 Å². The van der Waals surface area contributed by atoms with Gasteiger partial charge in [-0.3, -0.25) is 30.3 Å². The number of halogens is 2. The smallest absolute Gasteiger partial charge is 0.329 e. The molecule has 103 heavy (non-hydrogen) atoms. The third kappa shape index (κ3) is 24.1. The predicted molar refractivity (Wildman–Crippen MR) is 403 cm³/mol. The van der Waals surface area contributed by atoms with Crippen LogP contribution in [0.1, 0.15) is 60.8 Å². The summed E-state index contributed by atoms with van der Waals surface area (Å²) in [5.41, 5.74) is 3.14. The molecular formula is C70H69I2N9O19S3. The SMILES string of the molecule is CC(C)(C)NC(=O)NS(=O)(=O)c1cc([N+](=O)[O-])ccc1Oc1cccc(-c2ccc(I)cc2)c1.CCCCCNC(=O)NS(=O)(=O)c1cc([N+](=O)[O-])ccc1Oc1cccc(-c2ccc(I)cc2)c1.COc1ccc(-c2cccc(Oc3ccc([N+](=O)[O-])cc3S(=O)(=O)NC(=O)NC(C)C)c2)cc1. The van der Waals surface area contributed by atoms with Crippen LogP contribution in [0, 0.1) is 37.5 Å². The summed E-state index contributed by atoms with van der Waals surface area (Å²) in [7, 11) is -11.9. The number of sulfonamides is 3. The number of unbranched alkanes of at least 4 members (excludes halogenated alkanes) is 2. The first-order chi connectivity index (χ1) is 48.6. The third-order valence-electron chi connectivity index (χ3n) is 13.9. The van der Waals surface area contributed by atoms with Gasteiger partial charge in [-0.05, 0) is 211 Å². The van der Waals surface area contributed by atoms with Crippen LogP contribution < -0.4 is 49.1 Å². The number of nitrogens with one attached hydrogen (secondary N) is 6. The van der Waals surface area contributed by atoms with Gasteiger partial charge in [-0.15, -0.1) is 0 Å². The minimum atomic E-state index is -4.50. The molecule has 0 saturated heterocycles. The predicted octanol–water partition coefficient (Wildman–Crippen LogP) is 15.7. The van der Waals surface area contributed by atoms with Crippen LogP contribution in [0.4, 0.5) is 31.4 Å². The highest BCUT2D eigenvalue weighted by atomic mass is 127. The Bertz CT molecular complexity index is 4930. The number of hydrogen-bond donors (Lipinski definition) is 6. The Kier molecular flexibility index (Phi) is 27.8. The first kappa shape index (κ1) is 79.8. The molecular weight excluding hydrogens is 1620 g/mol. The van der Waals surface area contributed by atoms with E-state index in [2.05, 4.69) is 61.1 Å². The molecule has 9 aromatic rings. The molecule has 0 atom stereocenters. The molecule has 0 fully saturated rings. The van der Waals surface area contributed by atoms with Crippen molar-refractivity contribution in [3.63, 3.8) is 0 Å². The van der Waals surface area contributed by atoms with Crippen molar-refractivity contribution in [3.8, 4) is 73.6 Å². The Morgan fingerprint density at radius 1 is 0.447 bits per heavy atom. The van der Waals surface area contributed by atoms with Crippen molar-refractivity contribution in [1.29, 1.82) is 0 Å². The Morgan fingerprint density at radius 2 is 0.786 bits per heavy atom. The molecule has 0 aliphatic carbocycles. The summed E-state index contributed by atoms with van der Waals surface area (Å²) in [6.45, 7) is 10.7. The van der Waals surface area contributed by atoms with Crippen LogP contribution in [-0.2, 0) is 30.1 Å². The summed E-state index contributed by atoms with van der Waals surface area (Å²) < 4.78 is 108. The van der Waals surface area contributed by atoms with Gasteiger partial charge < -0.3 is 34.9 Å². The number of nitro groups is 3. The maximum Gasteiger partial charge on any atom is 0.329 e. The summed E-state index contributed by atoms with van der Waals surface area (Å²) in [6.07, 6.45) is 2.53. The number of urea groups is 3. The second-order valence-corrected chi connectivity index (χ2v) is 30.9. The topological polar surface area (TPSA) is 392 Å². The van der Waals surface area contributed by atoms with Crippen LogP contribution in [0.25, 0.3) is 33.4 Å². The molecule has 0 bridgehead atoms. The number of benzene rings is 9. The van der Waals surface area contributed by atoms with Crippen molar-refractivity contribution in [2.45, 2.75) is 87.1 Å². The van der Waals surface area contributed by atoms with E-state index in [0.717, 1.165) is 89.8 Å². The second-order valence-electron chi connectivity index (χ2n) is 23.4. The Morgan fingerprint density at radius 3 is 1.11 bits per heavy atom. The zero-order valence-corrected chi connectivity index (χ0v) is 62.8. The Labute approximate surface area is 621 Å². The van der Waals surface area contributed by atoms with E-state index >= 15 is 0 Å². The summed E-state index contributed by atoms with van der Waals surface area (Å²) in [5.74, 6) is 1.15. The Balaban J connectivity index is 0.000000216. The summed E-state index contributed by atoms with van der Waals surface area (Å²) in [5, 5.41) is 41.1. The molecule has 6 N–H and O–H groups in total. The molecule has 0 heterocycles. The molecule has 0 aromatic heterocycles. The fraction of sp³-hybridized carbons (Fsp3) is 0.186. The quantitative estimate of drug-likeness (QED) is 0.0142. The molecule has 6 amide bonds. The first-order valence-electron chi connectivity index (χ1n) is 31.0. The zero-order chi connectivity index (χ0) is 75.4. The first-order valence-corrected chi connectivity index (χ1v) is 37.6. The van der Waals surface area contributed by atoms with Crippen LogP contribution in [0.5, 0.6) is 40.2 Å². The summed E-state index contributed by atoms with van der Waals surface area (Å²) >= 11 is 4.42. The molecule has 0 radical (unpaired) electrons. The van der Waals surface area contributed by atoms with Crippen LogP contribution >= 0.6 is 45.2 Å². The van der Waals surface area contributed by atoms with Crippen molar-refractivity contribution in [2.24, 2.45) is 0 Å². The lowest BCUT2D eigenvalue weighted by atomic mass is 10.1. The van der Waals surface area contributed by atoms with Gasteiger partial charge in [0.15, 0.2) is 0 Å². The number of ether oxygens (including phenoxy) is 4. The number of carbonyl (C=O) groups is 3. The maximum atomic E-state index is 13.0. The van der Waals surface area contributed by atoms with Gasteiger partial charge in [-0.25, -0.2) is 53.8 Å². The monoisotopic (exact) mass is 1690 g/mol. The average molecular weight is 1690 g/mol. The fourth-order valence-corrected chi connectivity index (χ4v) is 13.1. The normalized spacial score (nSPS) is 11.2. The highest BCUT2D eigenvalue weighted by Crippen LogP contribution is 2.38. The number of methoxy groups -OCH3 is 1. The number of nitrogens with zero attached hydrogens (tertiary/aromatic N) is 3. The number of nitro benzene ring substituents is 3. The molecule has 28 nitrogen and oxygen atoms in total. The van der Waals surface area contributed by atoms with Gasteiger partial charge in [0, 0.05) is 61.7 Å². The van der Waals surface area contributed by atoms with Crippen LogP contribution in [0.15, 0.2) is 215 Å². The molecule has 9 aromatic carbocycles. The second kappa shape index (κ2) is 35.9. The average Bonchev–Trinajstić information content (AvgIpc) is 0.803. The van der Waals surface area contributed by atoms with Crippen molar-refractivity contribution < 1.29 is 73.4 Å². The summed E-state index contributed by atoms with van der Waals surface area (Å²) in [4.78, 5) is 66.3. The molecule has 0 aliphatic rings. The van der Waals surface area contributed by atoms with E-state index in [9.17, 15) is 70.0 Å². The summed E-state index contributed by atoms with van der Waals surface area (Å²) in [6, 6.07) is 50.2. The van der Waals surface area contributed by atoms with Crippen LogP contribution in [0.3, 0.4) is 0 Å². The molecule has 0 aliphatic heterocycles. The number of amides is 6. The van der Waals surface area contributed by atoms with Crippen molar-refractivity contribution in [2.75, 3.05) is 13.7 Å². The lowest BCUT2D eigenvalue weighted by molar-refractivity contribution is -0.385. The van der Waals surface area contributed by atoms with Gasteiger partial charge in [-0.2, -0.15) is 0 Å². The van der Waals surface area contributed by atoms with E-state index in [1.165, 1.54) is 18.2 Å². The van der Waals surface area contributed by atoms with Crippen LogP contribution in [0.2, 0.25) is 0 Å². The maximum absolute atomic E-state index is 13.0. The molecule has 540 valence electrons. The standard InChI is InChI=1S/C24H24IN3O6S.C23H22IN3O6S.C23H23N3O7S/c1-2-3-4-14-26-24(29)27-35(32,33)23-16-20(28(30)31)12-13-22(23)34-21-7-5-6-18(15-21)17-8-10-19(25)11-9-17;1-23(2,3)25-22(28)26-34(31,32)21-14-18(27(29)30)11-12-20(21)33-19-6-4-5-16(13-19)15-7-9-17(24)10-8-15;1-15(2)24-23(27)25-34(30,31)22-14-18(26(28)29)9-12-21(22)33-20-6-4-5-17(13-20)16-7-10-19(32-3)11-8-16/h5-13,15-16H,2-4,14H2,1H3,(H2,26,27,29);4-14H,1-3H3,(H2,25,26,28);4-15H,1-3H3,(H2,24,25,27). The number of hydrogen-bond acceptors (Lipinski definition) is 19. The van der Waals surface area contributed by atoms with Gasteiger partial charge in [-0.1, -0.05) is 92.6 Å². The van der Waals surface area contributed by atoms with E-state index in [4.69, 9.17) is 18.9 Å². The zero-order valence-electron chi connectivity index (χ0n) is 56.0. The molecule has 9 rings (SSSR count).